The average molecular weight is 332 g/mol. The first-order valence-corrected chi connectivity index (χ1v) is 8.22. The third-order valence-corrected chi connectivity index (χ3v) is 5.63. The lowest BCUT2D eigenvalue weighted by Gasteiger charge is -2.35. The molecule has 0 N–H and O–H groups in total. The van der Waals surface area contributed by atoms with Crippen molar-refractivity contribution in [2.75, 3.05) is 0 Å². The van der Waals surface area contributed by atoms with Crippen molar-refractivity contribution >= 4 is 22.6 Å². The third-order valence-electron chi connectivity index (χ3n) is 4.65. The van der Waals surface area contributed by atoms with Crippen molar-refractivity contribution in [3.63, 3.8) is 0 Å². The van der Waals surface area contributed by atoms with Gasteiger partial charge in [-0.2, -0.15) is 0 Å². The van der Waals surface area contributed by atoms with Crippen LogP contribution in [0, 0.1) is 17.8 Å². The first kappa shape index (κ1) is 12.9. The van der Waals surface area contributed by atoms with Gasteiger partial charge in [-0.05, 0) is 76.0 Å². The fourth-order valence-electron chi connectivity index (χ4n) is 3.61. The monoisotopic (exact) mass is 332 g/mol. The van der Waals surface area contributed by atoms with Gasteiger partial charge in [0.15, 0.2) is 0 Å². The molecule has 0 amide bonds. The Morgan fingerprint density at radius 3 is 2.44 bits per heavy atom. The van der Waals surface area contributed by atoms with Crippen LogP contribution >= 0.6 is 22.6 Å². The predicted molar refractivity (Wildman–Crippen MR) is 79.8 cm³/mol. The number of halogens is 1. The largest absolute Gasteiger partial charge is 0.0749 e. The Labute approximate surface area is 114 Å². The molecule has 92 valence electrons. The van der Waals surface area contributed by atoms with Gasteiger partial charge in [0.1, 0.15) is 0 Å². The normalized spacial score (nSPS) is 35.9. The Kier molecular flexibility index (Phi) is 5.18. The second-order valence-electron chi connectivity index (χ2n) is 5.75. The van der Waals surface area contributed by atoms with Crippen molar-refractivity contribution in [1.29, 1.82) is 0 Å². The molecule has 0 bridgehead atoms. The average Bonchev–Trinajstić information content (AvgIpc) is 2.32. The zero-order valence-corrected chi connectivity index (χ0v) is 12.7. The Morgan fingerprint density at radius 1 is 1.12 bits per heavy atom. The minimum atomic E-state index is 1.03. The Balaban J connectivity index is 1.76. The van der Waals surface area contributed by atoms with Crippen molar-refractivity contribution in [2.45, 2.75) is 64.7 Å². The van der Waals surface area contributed by atoms with Gasteiger partial charge in [-0.15, -0.1) is 0 Å². The number of allylic oxidation sites excluding steroid dienone is 2. The summed E-state index contributed by atoms with van der Waals surface area (Å²) in [5, 5.41) is 0. The van der Waals surface area contributed by atoms with Crippen molar-refractivity contribution < 1.29 is 0 Å². The molecule has 1 heteroatoms. The molecule has 1 fully saturated rings. The van der Waals surface area contributed by atoms with Crippen LogP contribution in [0.5, 0.6) is 0 Å². The van der Waals surface area contributed by atoms with Crippen LogP contribution in [0.15, 0.2) is 9.66 Å². The van der Waals surface area contributed by atoms with Crippen LogP contribution in [0.2, 0.25) is 0 Å². The zero-order chi connectivity index (χ0) is 11.4. The molecule has 16 heavy (non-hydrogen) atoms. The topological polar surface area (TPSA) is 0 Å². The maximum Gasteiger partial charge on any atom is -0.0134 e. The summed E-state index contributed by atoms with van der Waals surface area (Å²) in [6, 6.07) is 0. The van der Waals surface area contributed by atoms with Gasteiger partial charge in [0.25, 0.3) is 0 Å². The molecule has 1 saturated carbocycles. The molecule has 2 aliphatic rings. The molecule has 0 nitrogen and oxygen atoms in total. The van der Waals surface area contributed by atoms with E-state index in [0.717, 1.165) is 17.8 Å². The fraction of sp³-hybridized carbons (Fsp3) is 0.867. The van der Waals surface area contributed by atoms with Crippen LogP contribution in [-0.2, 0) is 0 Å². The minimum Gasteiger partial charge on any atom is -0.0749 e. The Morgan fingerprint density at radius 2 is 1.88 bits per heavy atom. The summed E-state index contributed by atoms with van der Waals surface area (Å²) in [5.41, 5.74) is 0. The van der Waals surface area contributed by atoms with Gasteiger partial charge in [0, 0.05) is 0 Å². The third kappa shape index (κ3) is 3.48. The second kappa shape index (κ2) is 6.42. The molecule has 0 aliphatic heterocycles. The maximum atomic E-state index is 2.51. The van der Waals surface area contributed by atoms with Crippen molar-refractivity contribution in [1.82, 2.24) is 0 Å². The van der Waals surface area contributed by atoms with Crippen LogP contribution in [0.3, 0.4) is 0 Å². The first-order chi connectivity index (χ1) is 7.79. The van der Waals surface area contributed by atoms with E-state index >= 15 is 0 Å². The molecular weight excluding hydrogens is 307 g/mol. The lowest BCUT2D eigenvalue weighted by Crippen LogP contribution is -2.22. The molecule has 0 radical (unpaired) electrons. The van der Waals surface area contributed by atoms with E-state index < -0.39 is 0 Å². The SMILES string of the molecule is CCCC1CCC(C2CC=C(I)CC2)CC1. The van der Waals surface area contributed by atoms with Gasteiger partial charge in [0.05, 0.1) is 0 Å². The molecule has 0 aromatic heterocycles. The lowest BCUT2D eigenvalue weighted by molar-refractivity contribution is 0.188. The highest BCUT2D eigenvalue weighted by Crippen LogP contribution is 2.41. The zero-order valence-electron chi connectivity index (χ0n) is 10.6. The van der Waals surface area contributed by atoms with Gasteiger partial charge in [-0.25, -0.2) is 0 Å². The summed E-state index contributed by atoms with van der Waals surface area (Å²) in [6.45, 7) is 2.33. The molecule has 1 atom stereocenters. The fourth-order valence-corrected chi connectivity index (χ4v) is 4.17. The van der Waals surface area contributed by atoms with Crippen molar-refractivity contribution in [2.24, 2.45) is 17.8 Å². The first-order valence-electron chi connectivity index (χ1n) is 7.14. The van der Waals surface area contributed by atoms with Crippen LogP contribution in [0.4, 0.5) is 0 Å². The molecule has 1 unspecified atom stereocenters. The van der Waals surface area contributed by atoms with Crippen LogP contribution < -0.4 is 0 Å². The maximum absolute atomic E-state index is 2.51. The summed E-state index contributed by atoms with van der Waals surface area (Å²) in [5.74, 6) is 3.16. The highest BCUT2D eigenvalue weighted by Gasteiger charge is 2.27. The second-order valence-corrected chi connectivity index (χ2v) is 7.14. The molecular formula is C15H25I. The van der Waals surface area contributed by atoms with E-state index in [1.807, 2.05) is 0 Å². The highest BCUT2D eigenvalue weighted by molar-refractivity contribution is 14.1. The summed E-state index contributed by atoms with van der Waals surface area (Å²) in [6.07, 6.45) is 15.7. The van der Waals surface area contributed by atoms with Gasteiger partial charge >= 0.3 is 0 Å². The van der Waals surface area contributed by atoms with E-state index in [1.165, 1.54) is 57.8 Å². The molecule has 0 aromatic rings. The highest BCUT2D eigenvalue weighted by atomic mass is 127. The smallest absolute Gasteiger partial charge is 0.0134 e. The van der Waals surface area contributed by atoms with Gasteiger partial charge in [-0.3, -0.25) is 0 Å². The Hall–Kier alpha value is 0.470. The Bertz CT molecular complexity index is 236. The molecule has 2 rings (SSSR count). The summed E-state index contributed by atoms with van der Waals surface area (Å²) < 4.78 is 1.61. The van der Waals surface area contributed by atoms with Crippen LogP contribution in [-0.4, -0.2) is 0 Å². The quantitative estimate of drug-likeness (QED) is 0.581. The minimum absolute atomic E-state index is 1.03. The molecule has 0 spiro atoms. The van der Waals surface area contributed by atoms with E-state index in [9.17, 15) is 0 Å². The van der Waals surface area contributed by atoms with E-state index in [-0.39, 0.29) is 0 Å². The summed E-state index contributed by atoms with van der Waals surface area (Å²) in [7, 11) is 0. The van der Waals surface area contributed by atoms with Gasteiger partial charge in [0.2, 0.25) is 0 Å². The van der Waals surface area contributed by atoms with E-state index in [1.54, 1.807) is 3.58 Å². The molecule has 0 heterocycles. The van der Waals surface area contributed by atoms with Crippen molar-refractivity contribution in [3.8, 4) is 0 Å². The molecule has 2 aliphatic carbocycles. The molecule has 0 aromatic carbocycles. The summed E-state index contributed by atoms with van der Waals surface area (Å²) >= 11 is 2.51. The van der Waals surface area contributed by atoms with Crippen LogP contribution in [0.1, 0.15) is 64.7 Å². The molecule has 0 saturated heterocycles. The van der Waals surface area contributed by atoms with E-state index in [4.69, 9.17) is 0 Å². The van der Waals surface area contributed by atoms with E-state index in [0.29, 0.717) is 0 Å². The number of hydrogen-bond donors (Lipinski definition) is 0. The standard InChI is InChI=1S/C15H25I/c1-2-3-12-4-6-13(7-5-12)14-8-10-15(16)11-9-14/h10,12-14H,2-9,11H2,1H3. The number of rotatable bonds is 3. The van der Waals surface area contributed by atoms with Crippen molar-refractivity contribution in [3.05, 3.63) is 9.66 Å². The van der Waals surface area contributed by atoms with E-state index in [2.05, 4.69) is 35.6 Å². The summed E-state index contributed by atoms with van der Waals surface area (Å²) in [4.78, 5) is 0. The predicted octanol–water partition coefficient (Wildman–Crippen LogP) is 5.71. The number of hydrogen-bond acceptors (Lipinski definition) is 0. The van der Waals surface area contributed by atoms with Crippen LogP contribution in [0.25, 0.3) is 0 Å². The lowest BCUT2D eigenvalue weighted by atomic mass is 9.71. The van der Waals surface area contributed by atoms with Gasteiger partial charge in [-0.1, -0.05) is 38.7 Å². The van der Waals surface area contributed by atoms with Gasteiger partial charge < -0.3 is 0 Å².